The monoisotopic (exact) mass is 419 g/mol. The second-order valence-electron chi connectivity index (χ2n) is 6.22. The van der Waals surface area contributed by atoms with E-state index < -0.39 is 5.91 Å². The van der Waals surface area contributed by atoms with E-state index in [-0.39, 0.29) is 29.8 Å². The van der Waals surface area contributed by atoms with Gasteiger partial charge in [0.2, 0.25) is 18.4 Å². The van der Waals surface area contributed by atoms with Gasteiger partial charge in [-0.25, -0.2) is 10.1 Å². The summed E-state index contributed by atoms with van der Waals surface area (Å²) in [6.07, 6.45) is 4.70. The topological polar surface area (TPSA) is 168 Å². The largest absolute Gasteiger partial charge is 0.454 e. The highest BCUT2D eigenvalue weighted by Gasteiger charge is 2.26. The number of nitrogens with zero attached hydrogens (tertiary/aromatic N) is 7. The molecule has 13 heteroatoms. The van der Waals surface area contributed by atoms with Crippen molar-refractivity contribution in [3.8, 4) is 28.6 Å². The first kappa shape index (κ1) is 18.2. The molecule has 31 heavy (non-hydrogen) atoms. The molecule has 0 bridgehead atoms. The molecule has 0 fully saturated rings. The van der Waals surface area contributed by atoms with Crippen LogP contribution in [0.1, 0.15) is 16.1 Å². The van der Waals surface area contributed by atoms with Crippen molar-refractivity contribution in [1.82, 2.24) is 35.7 Å². The van der Waals surface area contributed by atoms with E-state index in [0.29, 0.717) is 17.1 Å². The van der Waals surface area contributed by atoms with Crippen LogP contribution in [0.2, 0.25) is 0 Å². The lowest BCUT2D eigenvalue weighted by molar-refractivity contribution is 0.0950. The van der Waals surface area contributed by atoms with Crippen LogP contribution in [0, 0.1) is 0 Å². The molecule has 3 aromatic heterocycles. The maximum absolute atomic E-state index is 12.8. The van der Waals surface area contributed by atoms with E-state index in [2.05, 4.69) is 40.8 Å². The Labute approximate surface area is 173 Å². The number of anilines is 1. The lowest BCUT2D eigenvalue weighted by Gasteiger charge is -2.07. The summed E-state index contributed by atoms with van der Waals surface area (Å²) in [7, 11) is 0. The van der Waals surface area contributed by atoms with Gasteiger partial charge in [0.25, 0.3) is 5.91 Å². The molecule has 0 saturated carbocycles. The average molecular weight is 419 g/mol. The third kappa shape index (κ3) is 3.39. The summed E-state index contributed by atoms with van der Waals surface area (Å²) in [5, 5.41) is 19.2. The number of nitrogens with one attached hydrogen (secondary N) is 1. The molecule has 0 aliphatic carbocycles. The van der Waals surface area contributed by atoms with Gasteiger partial charge in [0.1, 0.15) is 5.69 Å². The van der Waals surface area contributed by atoms with Crippen LogP contribution in [0.4, 0.5) is 5.82 Å². The van der Waals surface area contributed by atoms with E-state index >= 15 is 0 Å². The fraction of sp³-hybridized carbons (Fsp3) is 0.0556. The summed E-state index contributed by atoms with van der Waals surface area (Å²) < 4.78 is 16.7. The van der Waals surface area contributed by atoms with Gasteiger partial charge < -0.3 is 15.2 Å². The molecule has 0 spiro atoms. The van der Waals surface area contributed by atoms with Crippen molar-refractivity contribution in [2.75, 3.05) is 12.5 Å². The van der Waals surface area contributed by atoms with Gasteiger partial charge in [-0.3, -0.25) is 9.78 Å². The maximum Gasteiger partial charge on any atom is 0.294 e. The van der Waals surface area contributed by atoms with E-state index in [1.807, 2.05) is 0 Å². The van der Waals surface area contributed by atoms with Gasteiger partial charge in [-0.2, -0.15) is 9.78 Å². The molecule has 1 amide bonds. The average Bonchev–Trinajstić information content (AvgIpc) is 3.52. The zero-order valence-corrected chi connectivity index (χ0v) is 15.7. The second-order valence-corrected chi connectivity index (χ2v) is 6.22. The van der Waals surface area contributed by atoms with E-state index in [1.165, 1.54) is 10.9 Å². The van der Waals surface area contributed by atoms with Crippen molar-refractivity contribution in [1.29, 1.82) is 0 Å². The first-order valence-corrected chi connectivity index (χ1v) is 8.88. The van der Waals surface area contributed by atoms with Crippen molar-refractivity contribution in [3.63, 3.8) is 0 Å². The number of ether oxygens (including phenoxy) is 2. The van der Waals surface area contributed by atoms with Crippen LogP contribution in [-0.2, 0) is 0 Å². The maximum atomic E-state index is 12.8. The highest BCUT2D eigenvalue weighted by atomic mass is 16.7. The van der Waals surface area contributed by atoms with Crippen LogP contribution in [0.5, 0.6) is 11.5 Å². The Morgan fingerprint density at radius 2 is 2.00 bits per heavy atom. The minimum Gasteiger partial charge on any atom is -0.454 e. The Morgan fingerprint density at radius 3 is 2.81 bits per heavy atom. The molecular formula is C18H13N9O4. The van der Waals surface area contributed by atoms with Gasteiger partial charge in [-0.05, 0) is 46.2 Å². The number of nitrogens with two attached hydrogens (primary N) is 1. The lowest BCUT2D eigenvalue weighted by atomic mass is 10.1. The number of hydrazone groups is 1. The number of hydrogen-bond donors (Lipinski definition) is 2. The summed E-state index contributed by atoms with van der Waals surface area (Å²) in [5.41, 5.74) is 9.83. The molecule has 0 unspecified atom stereocenters. The number of pyridine rings is 1. The van der Waals surface area contributed by atoms with Crippen molar-refractivity contribution in [3.05, 3.63) is 54.0 Å². The second kappa shape index (κ2) is 7.55. The number of hydrogen-bond acceptors (Lipinski definition) is 11. The van der Waals surface area contributed by atoms with E-state index in [0.717, 1.165) is 5.56 Å². The van der Waals surface area contributed by atoms with Crippen LogP contribution in [0.15, 0.2) is 52.5 Å². The Balaban J connectivity index is 1.53. The molecule has 13 nitrogen and oxygen atoms in total. The lowest BCUT2D eigenvalue weighted by Crippen LogP contribution is -2.19. The number of carbonyl (C=O) groups excluding carboxylic acids is 1. The number of rotatable bonds is 5. The van der Waals surface area contributed by atoms with E-state index in [1.54, 1.807) is 42.7 Å². The Bertz CT molecular complexity index is 1280. The number of carbonyl (C=O) groups is 1. The summed E-state index contributed by atoms with van der Waals surface area (Å²) >= 11 is 0. The van der Waals surface area contributed by atoms with Gasteiger partial charge in [-0.15, -0.1) is 5.10 Å². The summed E-state index contributed by atoms with van der Waals surface area (Å²) in [5.74, 6) is 0.560. The van der Waals surface area contributed by atoms with Crippen molar-refractivity contribution in [2.24, 2.45) is 5.10 Å². The molecule has 3 N–H and O–H groups in total. The molecule has 154 valence electrons. The van der Waals surface area contributed by atoms with Gasteiger partial charge in [-0.1, -0.05) is 5.21 Å². The highest BCUT2D eigenvalue weighted by molar-refractivity contribution is 5.99. The van der Waals surface area contributed by atoms with E-state index in [9.17, 15) is 4.79 Å². The predicted molar refractivity (Wildman–Crippen MR) is 104 cm³/mol. The summed E-state index contributed by atoms with van der Waals surface area (Å²) in [4.78, 5) is 16.8. The molecule has 5 rings (SSSR count). The minimum atomic E-state index is -0.598. The smallest absolute Gasteiger partial charge is 0.294 e. The third-order valence-corrected chi connectivity index (χ3v) is 4.31. The number of aromatic nitrogens is 6. The van der Waals surface area contributed by atoms with Crippen molar-refractivity contribution < 1.29 is 18.9 Å². The SMILES string of the molecule is Nc1nonc1-n1nnc(C(=O)N/N=C\c2ccncc2)c1-c1ccc2c(c1)OCO2. The quantitative estimate of drug-likeness (QED) is 0.348. The molecule has 4 aromatic rings. The zero-order valence-electron chi connectivity index (χ0n) is 15.7. The van der Waals surface area contributed by atoms with Crippen LogP contribution < -0.4 is 20.6 Å². The van der Waals surface area contributed by atoms with Crippen LogP contribution >= 0.6 is 0 Å². The van der Waals surface area contributed by atoms with Crippen LogP contribution in [-0.4, -0.2) is 49.2 Å². The summed E-state index contributed by atoms with van der Waals surface area (Å²) in [6, 6.07) is 8.61. The Hall–Kier alpha value is -4.81. The molecule has 1 aromatic carbocycles. The van der Waals surface area contributed by atoms with Gasteiger partial charge in [0.15, 0.2) is 17.2 Å². The molecule has 1 aliphatic rings. The normalized spacial score (nSPS) is 12.4. The Morgan fingerprint density at radius 1 is 1.16 bits per heavy atom. The van der Waals surface area contributed by atoms with Gasteiger partial charge in [0, 0.05) is 18.0 Å². The minimum absolute atomic E-state index is 0.0189. The standard InChI is InChI=1S/C18H13N9O4/c19-16-17(25-31-24-16)27-15(11-1-2-12-13(7-11)30-9-29-12)14(22-26-27)18(28)23-21-8-10-3-5-20-6-4-10/h1-8H,9H2,(H2,19,24)(H,23,28)/b21-8-. The number of amides is 1. The first-order chi connectivity index (χ1) is 15.2. The molecule has 0 atom stereocenters. The molecule has 4 heterocycles. The highest BCUT2D eigenvalue weighted by Crippen LogP contribution is 2.37. The van der Waals surface area contributed by atoms with Gasteiger partial charge in [0.05, 0.1) is 6.21 Å². The summed E-state index contributed by atoms with van der Waals surface area (Å²) in [6.45, 7) is 0.105. The third-order valence-electron chi connectivity index (χ3n) is 4.31. The number of benzene rings is 1. The van der Waals surface area contributed by atoms with Gasteiger partial charge >= 0.3 is 0 Å². The number of nitrogen functional groups attached to an aromatic ring is 1. The fourth-order valence-corrected chi connectivity index (χ4v) is 2.89. The van der Waals surface area contributed by atoms with E-state index in [4.69, 9.17) is 15.2 Å². The van der Waals surface area contributed by atoms with Crippen LogP contribution in [0.3, 0.4) is 0 Å². The van der Waals surface area contributed by atoms with Crippen LogP contribution in [0.25, 0.3) is 17.1 Å². The molecular weight excluding hydrogens is 406 g/mol. The van der Waals surface area contributed by atoms with Crippen molar-refractivity contribution >= 4 is 17.9 Å². The molecule has 0 saturated heterocycles. The number of fused-ring (bicyclic) bond motifs is 1. The predicted octanol–water partition coefficient (Wildman–Crippen LogP) is 0.787. The molecule has 1 aliphatic heterocycles. The van der Waals surface area contributed by atoms with Crippen molar-refractivity contribution in [2.45, 2.75) is 0 Å². The molecule has 0 radical (unpaired) electrons. The zero-order chi connectivity index (χ0) is 21.2. The first-order valence-electron chi connectivity index (χ1n) is 8.88. The fourth-order valence-electron chi connectivity index (χ4n) is 2.89. The Kier molecular flexibility index (Phi) is 4.44.